The Morgan fingerprint density at radius 1 is 1.33 bits per heavy atom. The SMILES string of the molecule is CCc1c(CO)cc(Cl)c2c1OCCO2. The first-order valence-corrected chi connectivity index (χ1v) is 5.36. The van der Waals surface area contributed by atoms with Gasteiger partial charge in [0.05, 0.1) is 11.6 Å². The average Bonchev–Trinajstić information content (AvgIpc) is 2.29. The number of benzene rings is 1. The minimum Gasteiger partial charge on any atom is -0.486 e. The number of aliphatic hydroxyl groups is 1. The summed E-state index contributed by atoms with van der Waals surface area (Å²) in [6.07, 6.45) is 0.790. The molecule has 2 rings (SSSR count). The molecule has 4 heteroatoms. The summed E-state index contributed by atoms with van der Waals surface area (Å²) in [5, 5.41) is 9.73. The summed E-state index contributed by atoms with van der Waals surface area (Å²) in [6, 6.07) is 1.74. The van der Waals surface area contributed by atoms with Crippen LogP contribution in [0.2, 0.25) is 5.02 Å². The van der Waals surface area contributed by atoms with E-state index in [1.807, 2.05) is 6.92 Å². The van der Waals surface area contributed by atoms with Crippen LogP contribution < -0.4 is 9.47 Å². The van der Waals surface area contributed by atoms with E-state index < -0.39 is 0 Å². The molecule has 1 N–H and O–H groups in total. The van der Waals surface area contributed by atoms with Gasteiger partial charge in [-0.25, -0.2) is 0 Å². The summed E-state index contributed by atoms with van der Waals surface area (Å²) >= 11 is 6.04. The van der Waals surface area contributed by atoms with Crippen LogP contribution in [0.5, 0.6) is 11.5 Å². The minimum absolute atomic E-state index is 0.0282. The van der Waals surface area contributed by atoms with Gasteiger partial charge in [-0.2, -0.15) is 0 Å². The van der Waals surface area contributed by atoms with E-state index in [-0.39, 0.29) is 6.61 Å². The highest BCUT2D eigenvalue weighted by Gasteiger charge is 2.21. The summed E-state index contributed by atoms with van der Waals surface area (Å²) in [4.78, 5) is 0. The topological polar surface area (TPSA) is 38.7 Å². The molecule has 0 fully saturated rings. The molecule has 1 heterocycles. The maximum atomic E-state index is 9.22. The van der Waals surface area contributed by atoms with Gasteiger partial charge in [-0.1, -0.05) is 18.5 Å². The molecule has 0 atom stereocenters. The average molecular weight is 229 g/mol. The standard InChI is InChI=1S/C11H13ClO3/c1-2-8-7(6-13)5-9(12)11-10(8)14-3-4-15-11/h5,13H,2-4,6H2,1H3. The van der Waals surface area contributed by atoms with Crippen molar-refractivity contribution in [3.63, 3.8) is 0 Å². The van der Waals surface area contributed by atoms with E-state index in [4.69, 9.17) is 21.1 Å². The van der Waals surface area contributed by atoms with Crippen LogP contribution in [0.3, 0.4) is 0 Å². The normalized spacial score (nSPS) is 14.1. The van der Waals surface area contributed by atoms with Crippen molar-refractivity contribution in [3.8, 4) is 11.5 Å². The zero-order valence-electron chi connectivity index (χ0n) is 8.55. The van der Waals surface area contributed by atoms with Crippen molar-refractivity contribution in [3.05, 3.63) is 22.2 Å². The van der Waals surface area contributed by atoms with E-state index in [1.165, 1.54) is 0 Å². The maximum Gasteiger partial charge on any atom is 0.180 e. The van der Waals surface area contributed by atoms with E-state index >= 15 is 0 Å². The van der Waals surface area contributed by atoms with Gasteiger partial charge < -0.3 is 14.6 Å². The number of aliphatic hydroxyl groups excluding tert-OH is 1. The molecule has 82 valence electrons. The molecule has 0 aliphatic carbocycles. The van der Waals surface area contributed by atoms with E-state index in [2.05, 4.69) is 0 Å². The lowest BCUT2D eigenvalue weighted by Crippen LogP contribution is -2.17. The lowest BCUT2D eigenvalue weighted by atomic mass is 10.0. The Hall–Kier alpha value is -0.930. The minimum atomic E-state index is -0.0282. The highest BCUT2D eigenvalue weighted by atomic mass is 35.5. The Morgan fingerprint density at radius 3 is 2.60 bits per heavy atom. The second-order valence-corrected chi connectivity index (χ2v) is 3.77. The fourth-order valence-corrected chi connectivity index (χ4v) is 2.07. The van der Waals surface area contributed by atoms with E-state index in [0.29, 0.717) is 29.7 Å². The molecule has 0 aromatic heterocycles. The number of rotatable bonds is 2. The van der Waals surface area contributed by atoms with Crippen LogP contribution in [0.1, 0.15) is 18.1 Å². The largest absolute Gasteiger partial charge is 0.486 e. The first kappa shape index (κ1) is 10.6. The van der Waals surface area contributed by atoms with E-state index in [0.717, 1.165) is 17.5 Å². The molecule has 0 radical (unpaired) electrons. The molecule has 1 aliphatic rings. The Balaban J connectivity index is 2.59. The molecule has 1 aliphatic heterocycles. The van der Waals surface area contributed by atoms with Crippen LogP contribution in [0.4, 0.5) is 0 Å². The van der Waals surface area contributed by atoms with Gasteiger partial charge >= 0.3 is 0 Å². The zero-order valence-corrected chi connectivity index (χ0v) is 9.30. The second kappa shape index (κ2) is 4.29. The van der Waals surface area contributed by atoms with Crippen LogP contribution in [0.25, 0.3) is 0 Å². The lowest BCUT2D eigenvalue weighted by Gasteiger charge is -2.23. The Labute approximate surface area is 93.6 Å². The van der Waals surface area contributed by atoms with Crippen LogP contribution >= 0.6 is 11.6 Å². The molecule has 3 nitrogen and oxygen atoms in total. The smallest absolute Gasteiger partial charge is 0.180 e. The van der Waals surface area contributed by atoms with Crippen LogP contribution in [0.15, 0.2) is 6.07 Å². The highest BCUT2D eigenvalue weighted by Crippen LogP contribution is 2.42. The molecule has 0 unspecified atom stereocenters. The number of halogens is 1. The number of hydrogen-bond acceptors (Lipinski definition) is 3. The third-order valence-corrected chi connectivity index (χ3v) is 2.77. The van der Waals surface area contributed by atoms with Gasteiger partial charge in [-0.05, 0) is 18.1 Å². The lowest BCUT2D eigenvalue weighted by molar-refractivity contribution is 0.169. The van der Waals surface area contributed by atoms with Crippen molar-refractivity contribution in [2.24, 2.45) is 0 Å². The summed E-state index contributed by atoms with van der Waals surface area (Å²) in [7, 11) is 0. The third kappa shape index (κ3) is 1.77. The van der Waals surface area contributed by atoms with Gasteiger partial charge in [-0.3, -0.25) is 0 Å². The van der Waals surface area contributed by atoms with Gasteiger partial charge in [0.15, 0.2) is 11.5 Å². The van der Waals surface area contributed by atoms with Crippen LogP contribution in [-0.2, 0) is 13.0 Å². The van der Waals surface area contributed by atoms with Gasteiger partial charge in [0.2, 0.25) is 0 Å². The van der Waals surface area contributed by atoms with Crippen molar-refractivity contribution in [1.29, 1.82) is 0 Å². The molecule has 0 amide bonds. The first-order valence-electron chi connectivity index (χ1n) is 4.98. The maximum absolute atomic E-state index is 9.22. The highest BCUT2D eigenvalue weighted by molar-refractivity contribution is 6.32. The van der Waals surface area contributed by atoms with Gasteiger partial charge in [0.1, 0.15) is 13.2 Å². The molecule has 1 aromatic rings. The third-order valence-electron chi connectivity index (χ3n) is 2.49. The molecular formula is C11H13ClO3. The Bertz CT molecular complexity index is 377. The fourth-order valence-electron chi connectivity index (χ4n) is 1.80. The van der Waals surface area contributed by atoms with Crippen molar-refractivity contribution >= 4 is 11.6 Å². The first-order chi connectivity index (χ1) is 7.27. The summed E-state index contributed by atoms with van der Waals surface area (Å²) in [5.41, 5.74) is 1.79. The fraction of sp³-hybridized carbons (Fsp3) is 0.455. The van der Waals surface area contributed by atoms with Crippen molar-refractivity contribution in [2.45, 2.75) is 20.0 Å². The molecule has 0 spiro atoms. The number of hydrogen-bond donors (Lipinski definition) is 1. The summed E-state index contributed by atoms with van der Waals surface area (Å²) < 4.78 is 11.0. The Morgan fingerprint density at radius 2 is 2.00 bits per heavy atom. The number of fused-ring (bicyclic) bond motifs is 1. The predicted molar refractivity (Wildman–Crippen MR) is 57.7 cm³/mol. The number of ether oxygens (including phenoxy) is 2. The quantitative estimate of drug-likeness (QED) is 0.843. The van der Waals surface area contributed by atoms with Crippen LogP contribution in [0, 0.1) is 0 Å². The molecule has 15 heavy (non-hydrogen) atoms. The van der Waals surface area contributed by atoms with Gasteiger partial charge in [-0.15, -0.1) is 0 Å². The van der Waals surface area contributed by atoms with Crippen molar-refractivity contribution < 1.29 is 14.6 Å². The predicted octanol–water partition coefficient (Wildman–Crippen LogP) is 2.17. The van der Waals surface area contributed by atoms with Gasteiger partial charge in [0.25, 0.3) is 0 Å². The molecule has 0 bridgehead atoms. The molecule has 1 aromatic carbocycles. The summed E-state index contributed by atoms with van der Waals surface area (Å²) in [5.74, 6) is 1.30. The molecular weight excluding hydrogens is 216 g/mol. The summed E-state index contributed by atoms with van der Waals surface area (Å²) in [6.45, 7) is 3.04. The van der Waals surface area contributed by atoms with Crippen molar-refractivity contribution in [2.75, 3.05) is 13.2 Å². The van der Waals surface area contributed by atoms with E-state index in [1.54, 1.807) is 6.07 Å². The van der Waals surface area contributed by atoms with Crippen LogP contribution in [-0.4, -0.2) is 18.3 Å². The molecule has 0 saturated heterocycles. The monoisotopic (exact) mass is 228 g/mol. The van der Waals surface area contributed by atoms with Crippen molar-refractivity contribution in [1.82, 2.24) is 0 Å². The zero-order chi connectivity index (χ0) is 10.8. The molecule has 0 saturated carbocycles. The Kier molecular flexibility index (Phi) is 3.03. The second-order valence-electron chi connectivity index (χ2n) is 3.36. The van der Waals surface area contributed by atoms with Gasteiger partial charge in [0, 0.05) is 5.56 Å². The van der Waals surface area contributed by atoms with E-state index in [9.17, 15) is 5.11 Å².